The van der Waals surface area contributed by atoms with Crippen LogP contribution in [-0.2, 0) is 5.92 Å². The number of hydrogen-bond donors (Lipinski definition) is 1. The Morgan fingerprint density at radius 3 is 2.29 bits per heavy atom. The van der Waals surface area contributed by atoms with Crippen molar-refractivity contribution in [2.75, 3.05) is 6.67 Å². The third-order valence-electron chi connectivity index (χ3n) is 1.53. The van der Waals surface area contributed by atoms with E-state index in [1.165, 1.54) is 0 Å². The quantitative estimate of drug-likeness (QED) is 0.847. The van der Waals surface area contributed by atoms with E-state index in [0.29, 0.717) is 0 Å². The molecule has 1 aromatic rings. The van der Waals surface area contributed by atoms with Crippen LogP contribution in [-0.4, -0.2) is 22.8 Å². The van der Waals surface area contributed by atoms with Gasteiger partial charge < -0.3 is 0 Å². The fourth-order valence-corrected chi connectivity index (χ4v) is 1.20. The van der Waals surface area contributed by atoms with Gasteiger partial charge in [-0.2, -0.15) is 22.7 Å². The number of nitrogens with zero attached hydrogens (tertiary/aromatic N) is 1. The molecule has 0 amide bonds. The molecule has 0 saturated heterocycles. The Labute approximate surface area is 83.6 Å². The Bertz CT molecular complexity index is 324. The number of aromatic nitrogens is 2. The summed E-state index contributed by atoms with van der Waals surface area (Å²) < 4.78 is 62.2. The van der Waals surface area contributed by atoms with Crippen LogP contribution in [0.4, 0.5) is 22.0 Å². The first-order valence-corrected chi connectivity index (χ1v) is 4.13. The molecule has 2 nitrogen and oxygen atoms in total. The summed E-state index contributed by atoms with van der Waals surface area (Å²) in [5.74, 6) is -9.36. The first kappa shape index (κ1) is 11.4. The van der Waals surface area contributed by atoms with E-state index >= 15 is 0 Å². The number of aromatic amines is 1. The average molecular weight is 279 g/mol. The van der Waals surface area contributed by atoms with Gasteiger partial charge in [0.05, 0.1) is 10.7 Å². The predicted molar refractivity (Wildman–Crippen MR) is 41.1 cm³/mol. The molecule has 0 bridgehead atoms. The number of halogens is 6. The van der Waals surface area contributed by atoms with Crippen molar-refractivity contribution < 1.29 is 22.0 Å². The monoisotopic (exact) mass is 278 g/mol. The van der Waals surface area contributed by atoms with E-state index in [0.717, 1.165) is 6.20 Å². The Kier molecular flexibility index (Phi) is 2.84. The SMILES string of the molecule is FCC(F)(F)C(F)(F)c1[nH]ncc1Br. The molecule has 1 rings (SSSR count). The van der Waals surface area contributed by atoms with Crippen LogP contribution < -0.4 is 0 Å². The summed E-state index contributed by atoms with van der Waals surface area (Å²) in [4.78, 5) is 0. The minimum atomic E-state index is -4.75. The smallest absolute Gasteiger partial charge is 0.275 e. The Balaban J connectivity index is 3.14. The number of rotatable bonds is 3. The van der Waals surface area contributed by atoms with Crippen molar-refractivity contribution in [2.45, 2.75) is 11.8 Å². The van der Waals surface area contributed by atoms with Gasteiger partial charge in [0.2, 0.25) is 0 Å². The van der Waals surface area contributed by atoms with Gasteiger partial charge in [0, 0.05) is 0 Å². The normalized spacial score (nSPS) is 13.3. The zero-order chi connectivity index (χ0) is 11.0. The summed E-state index contributed by atoms with van der Waals surface area (Å²) in [7, 11) is 0. The standard InChI is InChI=1S/C6H4BrF5N2/c7-3-1-13-14-4(3)6(11,12)5(9,10)2-8/h1H,2H2,(H,13,14). The minimum absolute atomic E-state index is 0.323. The van der Waals surface area contributed by atoms with E-state index in [4.69, 9.17) is 0 Å². The molecule has 0 atom stereocenters. The lowest BCUT2D eigenvalue weighted by Gasteiger charge is -2.22. The van der Waals surface area contributed by atoms with Gasteiger partial charge in [-0.3, -0.25) is 5.10 Å². The van der Waals surface area contributed by atoms with Gasteiger partial charge in [-0.1, -0.05) is 0 Å². The maximum atomic E-state index is 12.9. The zero-order valence-electron chi connectivity index (χ0n) is 6.50. The highest BCUT2D eigenvalue weighted by atomic mass is 79.9. The minimum Gasteiger partial charge on any atom is -0.275 e. The molecule has 0 aliphatic rings. The molecule has 0 unspecified atom stereocenters. The molecule has 8 heteroatoms. The van der Waals surface area contributed by atoms with E-state index in [1.54, 1.807) is 5.10 Å². The summed E-state index contributed by atoms with van der Waals surface area (Å²) in [6.45, 7) is -2.44. The lowest BCUT2D eigenvalue weighted by molar-refractivity contribution is -0.225. The van der Waals surface area contributed by atoms with Crippen molar-refractivity contribution in [1.29, 1.82) is 0 Å². The fourth-order valence-electron chi connectivity index (χ4n) is 0.758. The van der Waals surface area contributed by atoms with Crippen LogP contribution in [0.5, 0.6) is 0 Å². The maximum Gasteiger partial charge on any atom is 0.354 e. The van der Waals surface area contributed by atoms with E-state index in [1.807, 2.05) is 0 Å². The number of alkyl halides is 5. The molecule has 1 aromatic heterocycles. The molecule has 0 saturated carbocycles. The summed E-state index contributed by atoms with van der Waals surface area (Å²) in [5.41, 5.74) is -1.14. The number of H-pyrrole nitrogens is 1. The molecule has 0 aromatic carbocycles. The van der Waals surface area contributed by atoms with Gasteiger partial charge in [-0.05, 0) is 15.9 Å². The third-order valence-corrected chi connectivity index (χ3v) is 2.14. The number of hydrogen-bond acceptors (Lipinski definition) is 1. The maximum absolute atomic E-state index is 12.9. The third kappa shape index (κ3) is 1.62. The summed E-state index contributed by atoms with van der Waals surface area (Å²) in [6.07, 6.45) is 0.886. The molecule has 1 heterocycles. The Morgan fingerprint density at radius 1 is 1.36 bits per heavy atom. The topological polar surface area (TPSA) is 28.7 Å². The van der Waals surface area contributed by atoms with Crippen LogP contribution in [0.1, 0.15) is 5.69 Å². The molecule has 14 heavy (non-hydrogen) atoms. The molecular formula is C6H4BrF5N2. The molecule has 0 fully saturated rings. The largest absolute Gasteiger partial charge is 0.354 e. The van der Waals surface area contributed by atoms with Crippen molar-refractivity contribution in [3.8, 4) is 0 Å². The zero-order valence-corrected chi connectivity index (χ0v) is 8.09. The van der Waals surface area contributed by atoms with Crippen LogP contribution in [0.25, 0.3) is 0 Å². The number of nitrogens with one attached hydrogen (secondary N) is 1. The highest BCUT2D eigenvalue weighted by Gasteiger charge is 2.59. The molecule has 1 N–H and O–H groups in total. The molecule has 0 radical (unpaired) electrons. The second-order valence-corrected chi connectivity index (χ2v) is 3.36. The first-order chi connectivity index (χ1) is 6.33. The van der Waals surface area contributed by atoms with E-state index in [-0.39, 0.29) is 4.47 Å². The summed E-state index contributed by atoms with van der Waals surface area (Å²) >= 11 is 2.59. The van der Waals surface area contributed by atoms with Gasteiger partial charge in [-0.15, -0.1) is 0 Å². The Morgan fingerprint density at radius 2 is 1.93 bits per heavy atom. The van der Waals surface area contributed by atoms with Crippen LogP contribution in [0.3, 0.4) is 0 Å². The van der Waals surface area contributed by atoms with Crippen molar-refractivity contribution in [3.05, 3.63) is 16.4 Å². The van der Waals surface area contributed by atoms with Crippen molar-refractivity contribution in [3.63, 3.8) is 0 Å². The summed E-state index contributed by atoms with van der Waals surface area (Å²) in [5, 5.41) is 4.82. The van der Waals surface area contributed by atoms with Crippen LogP contribution in [0.2, 0.25) is 0 Å². The second-order valence-electron chi connectivity index (χ2n) is 2.51. The van der Waals surface area contributed by atoms with Gasteiger partial charge in [-0.25, -0.2) is 4.39 Å². The van der Waals surface area contributed by atoms with E-state index in [9.17, 15) is 22.0 Å². The van der Waals surface area contributed by atoms with E-state index in [2.05, 4.69) is 21.0 Å². The lowest BCUT2D eigenvalue weighted by atomic mass is 10.1. The van der Waals surface area contributed by atoms with E-state index < -0.39 is 24.2 Å². The van der Waals surface area contributed by atoms with Crippen molar-refractivity contribution >= 4 is 15.9 Å². The molecular weight excluding hydrogens is 275 g/mol. The predicted octanol–water partition coefficient (Wildman–Crippen LogP) is 2.87. The highest BCUT2D eigenvalue weighted by Crippen LogP contribution is 2.44. The van der Waals surface area contributed by atoms with Crippen LogP contribution in [0.15, 0.2) is 10.7 Å². The lowest BCUT2D eigenvalue weighted by Crippen LogP contribution is -2.40. The van der Waals surface area contributed by atoms with Crippen LogP contribution in [0, 0.1) is 0 Å². The molecule has 80 valence electrons. The van der Waals surface area contributed by atoms with Crippen molar-refractivity contribution in [1.82, 2.24) is 10.2 Å². The van der Waals surface area contributed by atoms with Gasteiger partial charge in [0.15, 0.2) is 6.67 Å². The fraction of sp³-hybridized carbons (Fsp3) is 0.500. The Hall–Kier alpha value is -0.660. The molecule has 0 spiro atoms. The first-order valence-electron chi connectivity index (χ1n) is 3.34. The van der Waals surface area contributed by atoms with Crippen molar-refractivity contribution in [2.24, 2.45) is 0 Å². The highest BCUT2D eigenvalue weighted by molar-refractivity contribution is 9.10. The average Bonchev–Trinajstić information content (AvgIpc) is 2.51. The molecule has 0 aliphatic heterocycles. The van der Waals surface area contributed by atoms with Gasteiger partial charge in [0.1, 0.15) is 5.69 Å². The van der Waals surface area contributed by atoms with Crippen LogP contribution >= 0.6 is 15.9 Å². The summed E-state index contributed by atoms with van der Waals surface area (Å²) in [6, 6.07) is 0. The molecule has 0 aliphatic carbocycles. The van der Waals surface area contributed by atoms with Gasteiger partial charge >= 0.3 is 11.8 Å². The second kappa shape index (κ2) is 3.48. The van der Waals surface area contributed by atoms with Gasteiger partial charge in [0.25, 0.3) is 0 Å².